The van der Waals surface area contributed by atoms with Crippen LogP contribution < -0.4 is 15.1 Å². The van der Waals surface area contributed by atoms with Gasteiger partial charge in [0.2, 0.25) is 5.91 Å². The fraction of sp³-hybridized carbons (Fsp3) is 0.529. The fourth-order valence-electron chi connectivity index (χ4n) is 3.63. The van der Waals surface area contributed by atoms with Crippen LogP contribution >= 0.6 is 0 Å². The Morgan fingerprint density at radius 3 is 2.92 bits per heavy atom. The lowest BCUT2D eigenvalue weighted by atomic mass is 9.91. The molecule has 25 heavy (non-hydrogen) atoms. The number of hydrogen-bond donors (Lipinski definition) is 1. The summed E-state index contributed by atoms with van der Waals surface area (Å²) in [5, 5.41) is 2.62. The SMILES string of the molecule is CC(=O)NCC1CN(c2ccc(N3CC4COCC43)c(F)c2)C(=O)O1. The van der Waals surface area contributed by atoms with Gasteiger partial charge in [-0.05, 0) is 18.2 Å². The van der Waals surface area contributed by atoms with Gasteiger partial charge in [0.1, 0.15) is 11.9 Å². The zero-order chi connectivity index (χ0) is 17.6. The second kappa shape index (κ2) is 6.18. The Hall–Kier alpha value is -2.35. The Morgan fingerprint density at radius 1 is 1.36 bits per heavy atom. The minimum absolute atomic E-state index is 0.186. The molecule has 8 heteroatoms. The van der Waals surface area contributed by atoms with E-state index in [1.807, 2.05) is 4.90 Å². The van der Waals surface area contributed by atoms with Crippen molar-refractivity contribution in [1.82, 2.24) is 5.32 Å². The first-order chi connectivity index (χ1) is 12.0. The van der Waals surface area contributed by atoms with Crippen molar-refractivity contribution >= 4 is 23.4 Å². The molecule has 1 aromatic rings. The molecule has 1 N–H and O–H groups in total. The zero-order valence-corrected chi connectivity index (χ0v) is 13.9. The topological polar surface area (TPSA) is 71.1 Å². The van der Waals surface area contributed by atoms with Crippen LogP contribution in [0.3, 0.4) is 0 Å². The number of benzene rings is 1. The Labute approximate surface area is 144 Å². The van der Waals surface area contributed by atoms with Gasteiger partial charge in [-0.3, -0.25) is 9.69 Å². The molecule has 0 saturated carbocycles. The molecule has 1 aromatic carbocycles. The van der Waals surface area contributed by atoms with Crippen LogP contribution in [0, 0.1) is 11.7 Å². The Bertz CT molecular complexity index is 713. The van der Waals surface area contributed by atoms with Gasteiger partial charge < -0.3 is 19.7 Å². The van der Waals surface area contributed by atoms with Crippen LogP contribution in [-0.4, -0.2) is 57.0 Å². The third-order valence-corrected chi connectivity index (χ3v) is 5.00. The lowest BCUT2D eigenvalue weighted by Crippen LogP contribution is -2.56. The normalized spacial score (nSPS) is 27.8. The van der Waals surface area contributed by atoms with E-state index in [1.54, 1.807) is 12.1 Å². The third kappa shape index (κ3) is 2.90. The monoisotopic (exact) mass is 349 g/mol. The summed E-state index contributed by atoms with van der Waals surface area (Å²) < 4.78 is 25.2. The molecule has 0 aromatic heterocycles. The molecule has 0 bridgehead atoms. The van der Waals surface area contributed by atoms with Gasteiger partial charge in [-0.1, -0.05) is 0 Å². The third-order valence-electron chi connectivity index (χ3n) is 5.00. The molecule has 0 aliphatic carbocycles. The highest BCUT2D eigenvalue weighted by atomic mass is 19.1. The maximum Gasteiger partial charge on any atom is 0.414 e. The molecule has 0 spiro atoms. The molecule has 3 atom stereocenters. The van der Waals surface area contributed by atoms with Gasteiger partial charge in [0, 0.05) is 19.4 Å². The van der Waals surface area contributed by atoms with Gasteiger partial charge in [-0.15, -0.1) is 0 Å². The van der Waals surface area contributed by atoms with Crippen molar-refractivity contribution in [2.24, 2.45) is 5.92 Å². The fourth-order valence-corrected chi connectivity index (χ4v) is 3.63. The van der Waals surface area contributed by atoms with E-state index in [9.17, 15) is 14.0 Å². The number of fused-ring (bicyclic) bond motifs is 1. The van der Waals surface area contributed by atoms with Crippen LogP contribution in [0.2, 0.25) is 0 Å². The summed E-state index contributed by atoms with van der Waals surface area (Å²) in [5.74, 6) is -0.0585. The average Bonchev–Trinajstić information content (AvgIpc) is 3.10. The van der Waals surface area contributed by atoms with Gasteiger partial charge in [0.15, 0.2) is 0 Å². The number of carbonyl (C=O) groups is 2. The number of ether oxygens (including phenoxy) is 2. The van der Waals surface area contributed by atoms with Gasteiger partial charge in [0.25, 0.3) is 0 Å². The molecule has 3 saturated heterocycles. The largest absolute Gasteiger partial charge is 0.442 e. The number of amides is 2. The van der Waals surface area contributed by atoms with Crippen molar-refractivity contribution in [3.63, 3.8) is 0 Å². The van der Waals surface area contributed by atoms with E-state index in [0.717, 1.165) is 13.2 Å². The van der Waals surface area contributed by atoms with E-state index >= 15 is 0 Å². The molecule has 4 rings (SSSR count). The van der Waals surface area contributed by atoms with Crippen LogP contribution in [0.5, 0.6) is 0 Å². The first-order valence-corrected chi connectivity index (χ1v) is 8.39. The molecule has 3 unspecified atom stereocenters. The predicted molar refractivity (Wildman–Crippen MR) is 88.1 cm³/mol. The summed E-state index contributed by atoms with van der Waals surface area (Å²) in [7, 11) is 0. The molecule has 3 fully saturated rings. The van der Waals surface area contributed by atoms with Crippen molar-refractivity contribution in [2.45, 2.75) is 19.1 Å². The van der Waals surface area contributed by atoms with E-state index in [4.69, 9.17) is 9.47 Å². The minimum Gasteiger partial charge on any atom is -0.442 e. The second-order valence-electron chi connectivity index (χ2n) is 6.71. The van der Waals surface area contributed by atoms with E-state index in [-0.39, 0.29) is 30.9 Å². The van der Waals surface area contributed by atoms with E-state index in [0.29, 0.717) is 23.9 Å². The highest BCUT2D eigenvalue weighted by Crippen LogP contribution is 2.37. The Kier molecular flexibility index (Phi) is 3.99. The highest BCUT2D eigenvalue weighted by molar-refractivity contribution is 5.90. The van der Waals surface area contributed by atoms with Gasteiger partial charge >= 0.3 is 6.09 Å². The number of cyclic esters (lactones) is 1. The van der Waals surface area contributed by atoms with Gasteiger partial charge in [-0.2, -0.15) is 0 Å². The molecular weight excluding hydrogens is 329 g/mol. The van der Waals surface area contributed by atoms with Crippen molar-refractivity contribution in [3.8, 4) is 0 Å². The number of nitrogens with one attached hydrogen (secondary N) is 1. The van der Waals surface area contributed by atoms with Crippen molar-refractivity contribution in [1.29, 1.82) is 0 Å². The van der Waals surface area contributed by atoms with E-state index < -0.39 is 12.2 Å². The number of hydrogen-bond acceptors (Lipinski definition) is 5. The number of anilines is 2. The highest BCUT2D eigenvalue weighted by Gasteiger charge is 2.44. The molecule has 2 amide bonds. The first-order valence-electron chi connectivity index (χ1n) is 8.39. The second-order valence-corrected chi connectivity index (χ2v) is 6.71. The lowest BCUT2D eigenvalue weighted by Gasteiger charge is -2.44. The summed E-state index contributed by atoms with van der Waals surface area (Å²) in [6.45, 7) is 4.10. The smallest absolute Gasteiger partial charge is 0.414 e. The number of nitrogens with zero attached hydrogens (tertiary/aromatic N) is 2. The summed E-state index contributed by atoms with van der Waals surface area (Å²) in [6, 6.07) is 5.04. The standard InChI is InChI=1S/C17H20FN3O4/c1-10(22)19-5-13-7-20(17(23)25-13)12-2-3-15(14(18)4-12)21-6-11-8-24-9-16(11)21/h2-4,11,13,16H,5-9H2,1H3,(H,19,22). The lowest BCUT2D eigenvalue weighted by molar-refractivity contribution is -0.119. The summed E-state index contributed by atoms with van der Waals surface area (Å²) in [4.78, 5) is 26.4. The molecule has 3 aliphatic rings. The summed E-state index contributed by atoms with van der Waals surface area (Å²) in [6.07, 6.45) is -0.971. The zero-order valence-electron chi connectivity index (χ0n) is 13.9. The van der Waals surface area contributed by atoms with Gasteiger partial charge in [0.05, 0.1) is 43.7 Å². The summed E-state index contributed by atoms with van der Waals surface area (Å²) in [5.41, 5.74) is 0.995. The Morgan fingerprint density at radius 2 is 2.20 bits per heavy atom. The number of halogens is 1. The first kappa shape index (κ1) is 16.1. The van der Waals surface area contributed by atoms with Crippen molar-refractivity contribution in [3.05, 3.63) is 24.0 Å². The average molecular weight is 349 g/mol. The molecule has 0 radical (unpaired) electrons. The minimum atomic E-state index is -0.532. The van der Waals surface area contributed by atoms with Crippen molar-refractivity contribution in [2.75, 3.05) is 42.6 Å². The van der Waals surface area contributed by atoms with E-state index in [2.05, 4.69) is 5.32 Å². The van der Waals surface area contributed by atoms with Gasteiger partial charge in [-0.25, -0.2) is 9.18 Å². The quantitative estimate of drug-likeness (QED) is 0.882. The van der Waals surface area contributed by atoms with Crippen LogP contribution in [0.1, 0.15) is 6.92 Å². The maximum atomic E-state index is 14.6. The van der Waals surface area contributed by atoms with Crippen LogP contribution in [0.15, 0.2) is 18.2 Å². The predicted octanol–water partition coefficient (Wildman–Crippen LogP) is 1.12. The van der Waals surface area contributed by atoms with Crippen LogP contribution in [0.4, 0.5) is 20.6 Å². The molecule has 134 valence electrons. The molecular formula is C17H20FN3O4. The Balaban J connectivity index is 1.45. The van der Waals surface area contributed by atoms with E-state index in [1.165, 1.54) is 17.9 Å². The number of rotatable bonds is 4. The number of carbonyl (C=O) groups excluding carboxylic acids is 2. The van der Waals surface area contributed by atoms with Crippen LogP contribution in [-0.2, 0) is 14.3 Å². The van der Waals surface area contributed by atoms with Crippen LogP contribution in [0.25, 0.3) is 0 Å². The molecule has 7 nitrogen and oxygen atoms in total. The molecule has 3 aliphatic heterocycles. The summed E-state index contributed by atoms with van der Waals surface area (Å²) >= 11 is 0. The maximum absolute atomic E-state index is 14.6. The van der Waals surface area contributed by atoms with Crippen molar-refractivity contribution < 1.29 is 23.5 Å². The molecule has 3 heterocycles.